The van der Waals surface area contributed by atoms with Crippen molar-refractivity contribution < 1.29 is 19.1 Å². The molecule has 3 rings (SSSR count). The molecule has 0 atom stereocenters. The van der Waals surface area contributed by atoms with Gasteiger partial charge in [0, 0.05) is 32.7 Å². The molecule has 1 aromatic heterocycles. The second-order valence-electron chi connectivity index (χ2n) is 7.17. The van der Waals surface area contributed by atoms with Crippen molar-refractivity contribution in [2.45, 2.75) is 22.1 Å². The van der Waals surface area contributed by atoms with Crippen LogP contribution in [0.25, 0.3) is 0 Å². The van der Waals surface area contributed by atoms with Gasteiger partial charge in [0.1, 0.15) is 0 Å². The lowest BCUT2D eigenvalue weighted by Gasteiger charge is -2.35. The molecular formula is C20H27N5O4S3. The van der Waals surface area contributed by atoms with Crippen LogP contribution in [-0.4, -0.2) is 83.7 Å². The van der Waals surface area contributed by atoms with Crippen LogP contribution < -0.4 is 15.2 Å². The van der Waals surface area contributed by atoms with Gasteiger partial charge in [-0.3, -0.25) is 14.5 Å². The lowest BCUT2D eigenvalue weighted by molar-refractivity contribution is -0.130. The Bertz CT molecular complexity index is 947. The zero-order chi connectivity index (χ0) is 23.1. The normalized spacial score (nSPS) is 14.4. The number of benzene rings is 1. The molecule has 1 aromatic carbocycles. The smallest absolute Gasteiger partial charge is 0.233 e. The summed E-state index contributed by atoms with van der Waals surface area (Å²) >= 11 is 4.00. The summed E-state index contributed by atoms with van der Waals surface area (Å²) in [6.45, 7) is 5.90. The average molecular weight is 498 g/mol. The SMILES string of the molecule is COc1cc(C)c(CN2CCN(C(=O)CSc3nnc(SCC(N)=O)s3)CC2)cc1OC. The van der Waals surface area contributed by atoms with Crippen LogP contribution >= 0.6 is 34.9 Å². The minimum absolute atomic E-state index is 0.0958. The second kappa shape index (κ2) is 11.7. The molecule has 0 saturated carbocycles. The van der Waals surface area contributed by atoms with E-state index in [0.29, 0.717) is 27.5 Å². The fourth-order valence-corrected chi connectivity index (χ4v) is 5.91. The van der Waals surface area contributed by atoms with Gasteiger partial charge in [0.05, 0.1) is 25.7 Å². The number of aryl methyl sites for hydroxylation is 1. The van der Waals surface area contributed by atoms with Crippen LogP contribution in [0.15, 0.2) is 20.8 Å². The van der Waals surface area contributed by atoms with Gasteiger partial charge >= 0.3 is 0 Å². The summed E-state index contributed by atoms with van der Waals surface area (Å²) in [6.07, 6.45) is 0. The van der Waals surface area contributed by atoms with Gasteiger partial charge < -0.3 is 20.1 Å². The Hall–Kier alpha value is -2.02. The van der Waals surface area contributed by atoms with E-state index in [1.54, 1.807) is 14.2 Å². The first kappa shape index (κ1) is 24.6. The largest absolute Gasteiger partial charge is 0.493 e. The first-order chi connectivity index (χ1) is 15.4. The molecule has 0 unspecified atom stereocenters. The van der Waals surface area contributed by atoms with Crippen molar-refractivity contribution in [3.8, 4) is 11.5 Å². The number of primary amides is 1. The van der Waals surface area contributed by atoms with Gasteiger partial charge in [-0.05, 0) is 30.2 Å². The number of methoxy groups -OCH3 is 2. The zero-order valence-corrected chi connectivity index (χ0v) is 20.8. The number of aromatic nitrogens is 2. The van der Waals surface area contributed by atoms with Crippen LogP contribution in [0.1, 0.15) is 11.1 Å². The first-order valence-electron chi connectivity index (χ1n) is 9.98. The van der Waals surface area contributed by atoms with Gasteiger partial charge in [-0.1, -0.05) is 34.9 Å². The molecule has 1 aliphatic rings. The van der Waals surface area contributed by atoms with Crippen LogP contribution in [0.3, 0.4) is 0 Å². The fraction of sp³-hybridized carbons (Fsp3) is 0.500. The van der Waals surface area contributed by atoms with Gasteiger partial charge in [-0.2, -0.15) is 0 Å². The summed E-state index contributed by atoms with van der Waals surface area (Å²) in [5.74, 6) is 1.66. The predicted molar refractivity (Wildman–Crippen MR) is 127 cm³/mol. The third-order valence-corrected chi connectivity index (χ3v) is 8.20. The second-order valence-corrected chi connectivity index (χ2v) is 10.6. The Morgan fingerprint density at radius 1 is 1.03 bits per heavy atom. The van der Waals surface area contributed by atoms with Crippen molar-refractivity contribution in [2.75, 3.05) is 51.9 Å². The lowest BCUT2D eigenvalue weighted by Crippen LogP contribution is -2.48. The van der Waals surface area contributed by atoms with Crippen molar-refractivity contribution in [3.05, 3.63) is 23.3 Å². The number of nitrogens with zero attached hydrogens (tertiary/aromatic N) is 4. The molecular weight excluding hydrogens is 470 g/mol. The Balaban J connectivity index is 1.45. The van der Waals surface area contributed by atoms with E-state index in [2.05, 4.69) is 22.0 Å². The summed E-state index contributed by atoms with van der Waals surface area (Å²) in [4.78, 5) is 27.7. The molecule has 32 heavy (non-hydrogen) atoms. The third kappa shape index (κ3) is 6.74. The van der Waals surface area contributed by atoms with Gasteiger partial charge in [-0.15, -0.1) is 10.2 Å². The van der Waals surface area contributed by atoms with E-state index in [-0.39, 0.29) is 11.7 Å². The van der Waals surface area contributed by atoms with Crippen molar-refractivity contribution in [1.82, 2.24) is 20.0 Å². The molecule has 2 N–H and O–H groups in total. The van der Waals surface area contributed by atoms with E-state index < -0.39 is 5.91 Å². The highest BCUT2D eigenvalue weighted by molar-refractivity contribution is 8.03. The number of nitrogens with two attached hydrogens (primary N) is 1. The maximum absolute atomic E-state index is 12.6. The van der Waals surface area contributed by atoms with Crippen molar-refractivity contribution >= 4 is 46.7 Å². The van der Waals surface area contributed by atoms with Gasteiger partial charge in [0.25, 0.3) is 0 Å². The number of hydrogen-bond acceptors (Lipinski definition) is 10. The topological polar surface area (TPSA) is 111 Å². The van der Waals surface area contributed by atoms with Crippen LogP contribution in [0, 0.1) is 6.92 Å². The molecule has 1 fully saturated rings. The number of thioether (sulfide) groups is 2. The number of carbonyl (C=O) groups excluding carboxylic acids is 2. The van der Waals surface area contributed by atoms with Crippen LogP contribution in [0.5, 0.6) is 11.5 Å². The molecule has 0 spiro atoms. The summed E-state index contributed by atoms with van der Waals surface area (Å²) in [5, 5.41) is 8.08. The van der Waals surface area contributed by atoms with Gasteiger partial charge in [0.2, 0.25) is 11.8 Å². The number of rotatable bonds is 10. The molecule has 2 amide bonds. The summed E-state index contributed by atoms with van der Waals surface area (Å²) in [5.41, 5.74) is 7.49. The number of hydrogen-bond donors (Lipinski definition) is 1. The quantitative estimate of drug-likeness (QED) is 0.492. The van der Waals surface area contributed by atoms with Crippen LogP contribution in [0.4, 0.5) is 0 Å². The molecule has 1 saturated heterocycles. The monoisotopic (exact) mass is 497 g/mol. The number of carbonyl (C=O) groups is 2. The van der Waals surface area contributed by atoms with E-state index in [0.717, 1.165) is 36.7 Å². The predicted octanol–water partition coefficient (Wildman–Crippen LogP) is 1.88. The molecule has 2 heterocycles. The average Bonchev–Trinajstić information content (AvgIpc) is 3.25. The third-order valence-electron chi connectivity index (χ3n) is 5.01. The van der Waals surface area contributed by atoms with Crippen molar-refractivity contribution in [2.24, 2.45) is 5.73 Å². The Morgan fingerprint density at radius 3 is 2.22 bits per heavy atom. The highest BCUT2D eigenvalue weighted by Crippen LogP contribution is 2.31. The molecule has 9 nitrogen and oxygen atoms in total. The maximum Gasteiger partial charge on any atom is 0.233 e. The first-order valence-corrected chi connectivity index (χ1v) is 12.8. The van der Waals surface area contributed by atoms with Gasteiger partial charge in [-0.25, -0.2) is 0 Å². The number of ether oxygens (including phenoxy) is 2. The van der Waals surface area contributed by atoms with E-state index in [1.165, 1.54) is 40.4 Å². The standard InChI is InChI=1S/C20H27N5O4S3/c1-13-8-15(28-2)16(29-3)9-14(13)10-24-4-6-25(7-5-24)18(27)12-31-20-23-22-19(32-20)30-11-17(21)26/h8-9H,4-7,10-12H2,1-3H3,(H2,21,26). The van der Waals surface area contributed by atoms with Crippen LogP contribution in [0.2, 0.25) is 0 Å². The Morgan fingerprint density at radius 2 is 1.62 bits per heavy atom. The highest BCUT2D eigenvalue weighted by Gasteiger charge is 2.22. The van der Waals surface area contributed by atoms with E-state index in [1.807, 2.05) is 17.0 Å². The molecule has 0 aliphatic carbocycles. The van der Waals surface area contributed by atoms with E-state index in [4.69, 9.17) is 15.2 Å². The number of piperazine rings is 1. The zero-order valence-electron chi connectivity index (χ0n) is 18.3. The minimum atomic E-state index is -0.394. The van der Waals surface area contributed by atoms with Crippen molar-refractivity contribution in [1.29, 1.82) is 0 Å². The molecule has 1 aliphatic heterocycles. The number of amides is 2. The van der Waals surface area contributed by atoms with E-state index >= 15 is 0 Å². The fourth-order valence-electron chi connectivity index (χ4n) is 3.25. The summed E-state index contributed by atoms with van der Waals surface area (Å²) in [6, 6.07) is 4.02. The molecule has 12 heteroatoms. The molecule has 0 radical (unpaired) electrons. The Labute approximate surface area is 200 Å². The molecule has 2 aromatic rings. The lowest BCUT2D eigenvalue weighted by atomic mass is 10.1. The molecule has 0 bridgehead atoms. The summed E-state index contributed by atoms with van der Waals surface area (Å²) < 4.78 is 12.2. The highest BCUT2D eigenvalue weighted by atomic mass is 32.2. The van der Waals surface area contributed by atoms with E-state index in [9.17, 15) is 9.59 Å². The minimum Gasteiger partial charge on any atom is -0.493 e. The Kier molecular flexibility index (Phi) is 9.02. The summed E-state index contributed by atoms with van der Waals surface area (Å²) in [7, 11) is 3.28. The maximum atomic E-state index is 12.6. The van der Waals surface area contributed by atoms with Gasteiger partial charge in [0.15, 0.2) is 20.2 Å². The van der Waals surface area contributed by atoms with Crippen molar-refractivity contribution in [3.63, 3.8) is 0 Å². The van der Waals surface area contributed by atoms with Crippen LogP contribution in [-0.2, 0) is 16.1 Å². The molecule has 174 valence electrons.